The average Bonchev–Trinajstić information content (AvgIpc) is 2.45. The topological polar surface area (TPSA) is 76.3 Å². The van der Waals surface area contributed by atoms with Gasteiger partial charge in [-0.3, -0.25) is 9.67 Å². The van der Waals surface area contributed by atoms with Crippen molar-refractivity contribution in [2.45, 2.75) is 26.1 Å². The molecule has 16 heavy (non-hydrogen) atoms. The Hall–Kier alpha value is -1.21. The Bertz CT molecular complexity index is 504. The van der Waals surface area contributed by atoms with Crippen LogP contribution in [-0.2, 0) is 29.7 Å². The summed E-state index contributed by atoms with van der Waals surface area (Å²) in [6.07, 6.45) is 3.90. The highest BCUT2D eigenvalue weighted by Gasteiger charge is 2.10. The van der Waals surface area contributed by atoms with E-state index >= 15 is 0 Å². The van der Waals surface area contributed by atoms with Crippen molar-refractivity contribution in [1.82, 2.24) is 14.5 Å². The summed E-state index contributed by atoms with van der Waals surface area (Å²) in [6.45, 7) is 1.66. The lowest BCUT2D eigenvalue weighted by atomic mass is 10.3. The Morgan fingerprint density at radius 1 is 1.56 bits per heavy atom. The smallest absolute Gasteiger partial charge is 0.209 e. The predicted octanol–water partition coefficient (Wildman–Crippen LogP) is -0.0932. The molecule has 1 aliphatic rings. The number of sulfonamides is 1. The van der Waals surface area contributed by atoms with Gasteiger partial charge in [-0.2, -0.15) is 5.10 Å². The highest BCUT2D eigenvalue weighted by Crippen LogP contribution is 2.09. The van der Waals surface area contributed by atoms with E-state index in [-0.39, 0.29) is 6.54 Å². The summed E-state index contributed by atoms with van der Waals surface area (Å²) in [5.41, 5.74) is 1.76. The standard InChI is InChI=1S/C9H14N4O2S/c1-16(14,15)11-6-8-5-9-7-10-3-2-4-13(9)12-8/h3,5,11H,2,4,6-7H2,1H3. The molecule has 0 fully saturated rings. The third-order valence-corrected chi connectivity index (χ3v) is 2.95. The molecular weight excluding hydrogens is 228 g/mol. The van der Waals surface area contributed by atoms with Crippen molar-refractivity contribution >= 4 is 16.2 Å². The Balaban J connectivity index is 2.10. The number of rotatable bonds is 3. The van der Waals surface area contributed by atoms with Gasteiger partial charge in [0.15, 0.2) is 0 Å². The SMILES string of the molecule is CS(=O)(=O)NCc1cc2n(n1)CCC=NC2. The maximum absolute atomic E-state index is 10.9. The molecule has 0 saturated heterocycles. The van der Waals surface area contributed by atoms with Crippen LogP contribution in [0.2, 0.25) is 0 Å². The first-order valence-corrected chi connectivity index (χ1v) is 6.92. The molecule has 0 unspecified atom stereocenters. The molecule has 1 aliphatic heterocycles. The van der Waals surface area contributed by atoms with Gasteiger partial charge in [-0.25, -0.2) is 13.1 Å². The summed E-state index contributed by atoms with van der Waals surface area (Å²) in [7, 11) is -3.16. The first kappa shape index (κ1) is 11.3. The lowest BCUT2D eigenvalue weighted by Gasteiger charge is -1.99. The lowest BCUT2D eigenvalue weighted by molar-refractivity contribution is 0.581. The van der Waals surface area contributed by atoms with Crippen molar-refractivity contribution < 1.29 is 8.42 Å². The monoisotopic (exact) mass is 242 g/mol. The Morgan fingerprint density at radius 3 is 3.12 bits per heavy atom. The summed E-state index contributed by atoms with van der Waals surface area (Å²) < 4.78 is 26.2. The second-order valence-electron chi connectivity index (χ2n) is 3.76. The average molecular weight is 242 g/mol. The molecule has 0 radical (unpaired) electrons. The van der Waals surface area contributed by atoms with Gasteiger partial charge in [0.25, 0.3) is 0 Å². The van der Waals surface area contributed by atoms with Crippen molar-refractivity contribution in [3.8, 4) is 0 Å². The van der Waals surface area contributed by atoms with Crippen LogP contribution in [0.4, 0.5) is 0 Å². The number of aromatic nitrogens is 2. The molecule has 88 valence electrons. The minimum atomic E-state index is -3.16. The minimum absolute atomic E-state index is 0.239. The maximum Gasteiger partial charge on any atom is 0.209 e. The van der Waals surface area contributed by atoms with Crippen molar-refractivity contribution in [1.29, 1.82) is 0 Å². The van der Waals surface area contributed by atoms with E-state index < -0.39 is 10.0 Å². The summed E-state index contributed by atoms with van der Waals surface area (Å²) >= 11 is 0. The number of hydrogen-bond acceptors (Lipinski definition) is 4. The van der Waals surface area contributed by atoms with Crippen LogP contribution in [-0.4, -0.2) is 30.7 Å². The maximum atomic E-state index is 10.9. The van der Waals surface area contributed by atoms with Gasteiger partial charge in [0.2, 0.25) is 10.0 Å². The van der Waals surface area contributed by atoms with Crippen LogP contribution in [0.5, 0.6) is 0 Å². The summed E-state index contributed by atoms with van der Waals surface area (Å²) in [6, 6.07) is 1.89. The molecule has 0 bridgehead atoms. The van der Waals surface area contributed by atoms with E-state index in [2.05, 4.69) is 14.8 Å². The Kier molecular flexibility index (Phi) is 3.06. The third kappa shape index (κ3) is 2.89. The molecule has 0 aliphatic carbocycles. The van der Waals surface area contributed by atoms with Crippen LogP contribution in [0.15, 0.2) is 11.1 Å². The zero-order chi connectivity index (χ0) is 11.6. The zero-order valence-corrected chi connectivity index (χ0v) is 9.87. The van der Waals surface area contributed by atoms with Crippen LogP contribution in [0.3, 0.4) is 0 Å². The molecule has 0 amide bonds. The van der Waals surface area contributed by atoms with Crippen molar-refractivity contribution in [2.24, 2.45) is 4.99 Å². The number of aliphatic imine (C=N–C) groups is 1. The zero-order valence-electron chi connectivity index (χ0n) is 9.05. The minimum Gasteiger partial charge on any atom is -0.291 e. The van der Waals surface area contributed by atoms with Crippen molar-refractivity contribution in [3.63, 3.8) is 0 Å². The lowest BCUT2D eigenvalue weighted by Crippen LogP contribution is -2.21. The van der Waals surface area contributed by atoms with E-state index in [0.717, 1.165) is 30.6 Å². The third-order valence-electron chi connectivity index (χ3n) is 2.28. The number of aryl methyl sites for hydroxylation is 1. The number of fused-ring (bicyclic) bond motifs is 1. The van der Waals surface area contributed by atoms with Crippen LogP contribution >= 0.6 is 0 Å². The highest BCUT2D eigenvalue weighted by atomic mass is 32.2. The first-order chi connectivity index (χ1) is 7.54. The molecule has 2 heterocycles. The number of nitrogens with zero attached hydrogens (tertiary/aromatic N) is 3. The van der Waals surface area contributed by atoms with Crippen LogP contribution in [0.25, 0.3) is 0 Å². The van der Waals surface area contributed by atoms with Gasteiger partial charge < -0.3 is 0 Å². The molecule has 7 heteroatoms. The fourth-order valence-electron chi connectivity index (χ4n) is 1.56. The van der Waals surface area contributed by atoms with Gasteiger partial charge in [0, 0.05) is 19.2 Å². The van der Waals surface area contributed by atoms with E-state index in [1.54, 1.807) is 0 Å². The fourth-order valence-corrected chi connectivity index (χ4v) is 1.97. The molecule has 6 nitrogen and oxygen atoms in total. The molecule has 0 saturated carbocycles. The van der Waals surface area contributed by atoms with Crippen molar-refractivity contribution in [2.75, 3.05) is 6.26 Å². The predicted molar refractivity (Wildman–Crippen MR) is 60.7 cm³/mol. The van der Waals surface area contributed by atoms with E-state index in [1.165, 1.54) is 0 Å². The van der Waals surface area contributed by atoms with E-state index in [9.17, 15) is 8.42 Å². The van der Waals surface area contributed by atoms with Gasteiger partial charge in [-0.05, 0) is 6.07 Å². The van der Waals surface area contributed by atoms with Gasteiger partial charge in [-0.1, -0.05) is 0 Å². The highest BCUT2D eigenvalue weighted by molar-refractivity contribution is 7.88. The molecule has 0 aromatic carbocycles. The Morgan fingerprint density at radius 2 is 2.38 bits per heavy atom. The van der Waals surface area contributed by atoms with E-state index in [0.29, 0.717) is 6.54 Å². The molecule has 0 spiro atoms. The number of nitrogens with one attached hydrogen (secondary N) is 1. The van der Waals surface area contributed by atoms with Gasteiger partial charge in [-0.15, -0.1) is 0 Å². The normalized spacial score (nSPS) is 15.8. The van der Waals surface area contributed by atoms with E-state index in [1.807, 2.05) is 17.0 Å². The quantitative estimate of drug-likeness (QED) is 0.804. The number of hydrogen-bond donors (Lipinski definition) is 1. The second kappa shape index (κ2) is 4.34. The van der Waals surface area contributed by atoms with Crippen LogP contribution in [0.1, 0.15) is 17.8 Å². The first-order valence-electron chi connectivity index (χ1n) is 5.03. The summed E-state index contributed by atoms with van der Waals surface area (Å²) in [4.78, 5) is 4.21. The molecular formula is C9H14N4O2S. The van der Waals surface area contributed by atoms with Gasteiger partial charge in [0.05, 0.1) is 30.7 Å². The largest absolute Gasteiger partial charge is 0.291 e. The van der Waals surface area contributed by atoms with Gasteiger partial charge in [0.1, 0.15) is 0 Å². The Labute approximate surface area is 94.4 Å². The molecule has 1 N–H and O–H groups in total. The van der Waals surface area contributed by atoms with Crippen LogP contribution in [0, 0.1) is 0 Å². The van der Waals surface area contributed by atoms with Gasteiger partial charge >= 0.3 is 0 Å². The summed E-state index contributed by atoms with van der Waals surface area (Å²) in [5, 5.41) is 4.32. The molecule has 1 aromatic rings. The van der Waals surface area contributed by atoms with E-state index in [4.69, 9.17) is 0 Å². The molecule has 2 rings (SSSR count). The summed E-state index contributed by atoms with van der Waals surface area (Å²) in [5.74, 6) is 0. The fraction of sp³-hybridized carbons (Fsp3) is 0.556. The van der Waals surface area contributed by atoms with Crippen molar-refractivity contribution in [3.05, 3.63) is 17.5 Å². The molecule has 0 atom stereocenters. The molecule has 1 aromatic heterocycles. The van der Waals surface area contributed by atoms with Crippen LogP contribution < -0.4 is 4.72 Å². The second-order valence-corrected chi connectivity index (χ2v) is 5.59.